The van der Waals surface area contributed by atoms with E-state index in [-0.39, 0.29) is 26.3 Å². The van der Waals surface area contributed by atoms with Crippen molar-refractivity contribution in [3.05, 3.63) is 68.8 Å². The molecule has 2 aromatic rings. The Hall–Kier alpha value is -2.24. The standard InChI is InChI=1S/C12H8N2O4Se/c15-13(16)9-6-10(14(17)18)8-12(7-9)19-11-4-2-1-3-5-11/h1-8H. The van der Waals surface area contributed by atoms with Crippen molar-refractivity contribution in [3.8, 4) is 0 Å². The summed E-state index contributed by atoms with van der Waals surface area (Å²) >= 11 is -0.196. The Kier molecular flexibility index (Phi) is 3.89. The van der Waals surface area contributed by atoms with Crippen LogP contribution >= 0.6 is 0 Å². The molecule has 0 aliphatic rings. The summed E-state index contributed by atoms with van der Waals surface area (Å²) < 4.78 is 1.62. The van der Waals surface area contributed by atoms with E-state index < -0.39 is 9.85 Å². The molecule has 6 nitrogen and oxygen atoms in total. The molecular formula is C12H8N2O4Se. The number of benzene rings is 2. The number of nitrogens with zero attached hydrogens (tertiary/aromatic N) is 2. The van der Waals surface area contributed by atoms with Crippen LogP contribution in [0.4, 0.5) is 11.4 Å². The van der Waals surface area contributed by atoms with E-state index >= 15 is 0 Å². The first kappa shape index (κ1) is 13.2. The zero-order valence-corrected chi connectivity index (χ0v) is 11.3. The first-order valence-electron chi connectivity index (χ1n) is 5.23. The van der Waals surface area contributed by atoms with Gasteiger partial charge in [-0.1, -0.05) is 0 Å². The van der Waals surface area contributed by atoms with Gasteiger partial charge in [0.1, 0.15) is 0 Å². The van der Waals surface area contributed by atoms with E-state index in [9.17, 15) is 20.2 Å². The molecule has 0 aromatic heterocycles. The van der Waals surface area contributed by atoms with Crippen molar-refractivity contribution in [2.45, 2.75) is 0 Å². The summed E-state index contributed by atoms with van der Waals surface area (Å²) in [6.07, 6.45) is 0. The van der Waals surface area contributed by atoms with Gasteiger partial charge in [0.05, 0.1) is 0 Å². The molecule has 0 aliphatic carbocycles. The molecule has 0 atom stereocenters. The van der Waals surface area contributed by atoms with Crippen molar-refractivity contribution < 1.29 is 9.85 Å². The van der Waals surface area contributed by atoms with Gasteiger partial charge < -0.3 is 0 Å². The Bertz CT molecular complexity index is 599. The zero-order valence-electron chi connectivity index (χ0n) is 9.55. The van der Waals surface area contributed by atoms with Crippen LogP contribution in [0.25, 0.3) is 0 Å². The van der Waals surface area contributed by atoms with Gasteiger partial charge in [-0.2, -0.15) is 0 Å². The number of non-ortho nitro benzene ring substituents is 2. The first-order chi connectivity index (χ1) is 9.06. The van der Waals surface area contributed by atoms with Crippen LogP contribution in [0.5, 0.6) is 0 Å². The summed E-state index contributed by atoms with van der Waals surface area (Å²) in [5, 5.41) is 21.5. The Labute approximate surface area is 114 Å². The second-order valence-electron chi connectivity index (χ2n) is 3.61. The van der Waals surface area contributed by atoms with Crippen LogP contribution in [0.1, 0.15) is 0 Å². The predicted octanol–water partition coefficient (Wildman–Crippen LogP) is 1.16. The molecule has 0 fully saturated rings. The van der Waals surface area contributed by atoms with Crippen LogP contribution in [0.3, 0.4) is 0 Å². The van der Waals surface area contributed by atoms with Gasteiger partial charge in [-0.3, -0.25) is 0 Å². The van der Waals surface area contributed by atoms with Gasteiger partial charge in [0.25, 0.3) is 0 Å². The van der Waals surface area contributed by atoms with Crippen molar-refractivity contribution in [2.24, 2.45) is 0 Å². The fraction of sp³-hybridized carbons (Fsp3) is 0. The average Bonchev–Trinajstić information content (AvgIpc) is 2.39. The van der Waals surface area contributed by atoms with Gasteiger partial charge >= 0.3 is 114 Å². The van der Waals surface area contributed by atoms with Crippen LogP contribution in [0.15, 0.2) is 48.5 Å². The number of hydrogen-bond acceptors (Lipinski definition) is 4. The van der Waals surface area contributed by atoms with Gasteiger partial charge in [0, 0.05) is 0 Å². The zero-order chi connectivity index (χ0) is 13.8. The van der Waals surface area contributed by atoms with Gasteiger partial charge in [0.2, 0.25) is 0 Å². The molecule has 0 saturated carbocycles. The minimum absolute atomic E-state index is 0.196. The monoisotopic (exact) mass is 324 g/mol. The summed E-state index contributed by atoms with van der Waals surface area (Å²) in [6.45, 7) is 0. The Morgan fingerprint density at radius 1 is 0.789 bits per heavy atom. The normalized spacial score (nSPS) is 10.1. The summed E-state index contributed by atoms with van der Waals surface area (Å²) in [6, 6.07) is 13.1. The molecule has 0 saturated heterocycles. The molecule has 0 unspecified atom stereocenters. The third-order valence-corrected chi connectivity index (χ3v) is 4.33. The van der Waals surface area contributed by atoms with Gasteiger partial charge in [-0.15, -0.1) is 0 Å². The maximum absolute atomic E-state index is 10.8. The summed E-state index contributed by atoms with van der Waals surface area (Å²) in [7, 11) is 0. The first-order valence-corrected chi connectivity index (χ1v) is 6.94. The van der Waals surface area contributed by atoms with E-state index in [1.165, 1.54) is 12.1 Å². The Morgan fingerprint density at radius 3 is 1.79 bits per heavy atom. The second kappa shape index (κ2) is 5.60. The third-order valence-electron chi connectivity index (χ3n) is 2.28. The van der Waals surface area contributed by atoms with Crippen molar-refractivity contribution in [1.29, 1.82) is 0 Å². The number of hydrogen-bond donors (Lipinski definition) is 0. The molecule has 7 heteroatoms. The van der Waals surface area contributed by atoms with Crippen molar-refractivity contribution in [1.82, 2.24) is 0 Å². The molecule has 96 valence electrons. The molecule has 0 N–H and O–H groups in total. The summed E-state index contributed by atoms with van der Waals surface area (Å²) in [4.78, 5) is 20.3. The van der Waals surface area contributed by atoms with Crippen LogP contribution in [0, 0.1) is 20.2 Å². The molecule has 0 bridgehead atoms. The van der Waals surface area contributed by atoms with Crippen LogP contribution in [0.2, 0.25) is 0 Å². The van der Waals surface area contributed by atoms with E-state index in [2.05, 4.69) is 0 Å². The van der Waals surface area contributed by atoms with Crippen molar-refractivity contribution in [2.75, 3.05) is 0 Å². The number of nitro groups is 2. The quantitative estimate of drug-likeness (QED) is 0.480. The van der Waals surface area contributed by atoms with Gasteiger partial charge in [-0.05, 0) is 0 Å². The van der Waals surface area contributed by atoms with Crippen molar-refractivity contribution >= 4 is 35.3 Å². The Morgan fingerprint density at radius 2 is 1.32 bits per heavy atom. The molecule has 19 heavy (non-hydrogen) atoms. The molecule has 2 rings (SSSR count). The van der Waals surface area contributed by atoms with E-state index in [1.54, 1.807) is 0 Å². The molecule has 2 aromatic carbocycles. The molecule has 0 radical (unpaired) electrons. The predicted molar refractivity (Wildman–Crippen MR) is 71.2 cm³/mol. The van der Waals surface area contributed by atoms with Gasteiger partial charge in [0.15, 0.2) is 0 Å². The second-order valence-corrected chi connectivity index (χ2v) is 6.02. The third kappa shape index (κ3) is 3.37. The number of rotatable bonds is 4. The van der Waals surface area contributed by atoms with E-state index in [0.29, 0.717) is 4.46 Å². The van der Waals surface area contributed by atoms with E-state index in [0.717, 1.165) is 10.5 Å². The molecule has 0 aliphatic heterocycles. The van der Waals surface area contributed by atoms with Crippen LogP contribution < -0.4 is 8.92 Å². The molecule has 0 spiro atoms. The van der Waals surface area contributed by atoms with Gasteiger partial charge in [-0.25, -0.2) is 0 Å². The fourth-order valence-electron chi connectivity index (χ4n) is 1.46. The average molecular weight is 323 g/mol. The number of nitro benzene ring substituents is 2. The van der Waals surface area contributed by atoms with Crippen molar-refractivity contribution in [3.63, 3.8) is 0 Å². The molecule has 0 amide bonds. The van der Waals surface area contributed by atoms with Crippen LogP contribution in [-0.4, -0.2) is 24.8 Å². The van der Waals surface area contributed by atoms with E-state index in [1.807, 2.05) is 30.3 Å². The van der Waals surface area contributed by atoms with E-state index in [4.69, 9.17) is 0 Å². The summed E-state index contributed by atoms with van der Waals surface area (Å²) in [5.74, 6) is 0. The maximum atomic E-state index is 10.8. The minimum atomic E-state index is -0.614. The molecule has 0 heterocycles. The fourth-order valence-corrected chi connectivity index (χ4v) is 3.40. The Balaban J connectivity index is 2.39. The molecular weight excluding hydrogens is 315 g/mol. The summed E-state index contributed by atoms with van der Waals surface area (Å²) in [5.41, 5.74) is -0.496. The topological polar surface area (TPSA) is 86.3 Å². The SMILES string of the molecule is O=[N+]([O-])c1cc([Se]c2ccccc2)cc([N+](=O)[O-])c1. The van der Waals surface area contributed by atoms with Crippen LogP contribution in [-0.2, 0) is 0 Å².